The quantitative estimate of drug-likeness (QED) is 0.342. The standard InChI is InChI=1S/C25H28N6/c1-2-26-25(27-17-16-24-30-29-23-15-9-10-18-31(23)24)28-19-22(20-11-5-3-6-12-20)21-13-7-4-8-14-21/h3-15,18,22H,2,16-17,19H2,1H3,(H2,26,27,28). The first-order valence-electron chi connectivity index (χ1n) is 10.8. The predicted molar refractivity (Wildman–Crippen MR) is 125 cm³/mol. The van der Waals surface area contributed by atoms with Gasteiger partial charge in [0.1, 0.15) is 5.82 Å². The van der Waals surface area contributed by atoms with Crippen LogP contribution in [0.2, 0.25) is 0 Å². The van der Waals surface area contributed by atoms with Gasteiger partial charge in [-0.2, -0.15) is 0 Å². The number of aromatic nitrogens is 3. The summed E-state index contributed by atoms with van der Waals surface area (Å²) in [6.07, 6.45) is 2.75. The molecule has 0 aliphatic rings. The third-order valence-electron chi connectivity index (χ3n) is 5.21. The van der Waals surface area contributed by atoms with Crippen LogP contribution in [0.1, 0.15) is 29.8 Å². The summed E-state index contributed by atoms with van der Waals surface area (Å²) in [5, 5.41) is 15.3. The van der Waals surface area contributed by atoms with Gasteiger partial charge in [-0.3, -0.25) is 9.39 Å². The molecule has 0 bridgehead atoms. The molecule has 0 fully saturated rings. The molecule has 2 N–H and O–H groups in total. The number of benzene rings is 2. The first-order valence-corrected chi connectivity index (χ1v) is 10.8. The van der Waals surface area contributed by atoms with Crippen LogP contribution in [-0.4, -0.2) is 40.2 Å². The molecule has 0 saturated carbocycles. The largest absolute Gasteiger partial charge is 0.357 e. The monoisotopic (exact) mass is 412 g/mol. The number of rotatable bonds is 8. The molecule has 31 heavy (non-hydrogen) atoms. The number of pyridine rings is 1. The molecular formula is C25H28N6. The molecule has 4 rings (SSSR count). The van der Waals surface area contributed by atoms with Crippen molar-refractivity contribution < 1.29 is 0 Å². The van der Waals surface area contributed by atoms with E-state index in [9.17, 15) is 0 Å². The minimum absolute atomic E-state index is 0.207. The minimum atomic E-state index is 0.207. The highest BCUT2D eigenvalue weighted by atomic mass is 15.2. The average Bonchev–Trinajstić information content (AvgIpc) is 3.24. The predicted octanol–water partition coefficient (Wildman–Crippen LogP) is 3.66. The summed E-state index contributed by atoms with van der Waals surface area (Å²) in [7, 11) is 0. The first-order chi connectivity index (χ1) is 15.3. The second kappa shape index (κ2) is 10.4. The number of guanidine groups is 1. The lowest BCUT2D eigenvalue weighted by Gasteiger charge is -2.18. The maximum atomic E-state index is 4.90. The first kappa shape index (κ1) is 20.6. The fraction of sp³-hybridized carbons (Fsp3) is 0.240. The van der Waals surface area contributed by atoms with Gasteiger partial charge in [0.25, 0.3) is 0 Å². The molecule has 0 radical (unpaired) electrons. The van der Waals surface area contributed by atoms with Crippen LogP contribution in [0.4, 0.5) is 0 Å². The van der Waals surface area contributed by atoms with Crippen LogP contribution >= 0.6 is 0 Å². The van der Waals surface area contributed by atoms with E-state index in [2.05, 4.69) is 88.4 Å². The molecule has 2 heterocycles. The van der Waals surface area contributed by atoms with Gasteiger partial charge in [-0.25, -0.2) is 0 Å². The summed E-state index contributed by atoms with van der Waals surface area (Å²) < 4.78 is 2.02. The number of hydrogen-bond donors (Lipinski definition) is 2. The molecular weight excluding hydrogens is 384 g/mol. The zero-order valence-corrected chi connectivity index (χ0v) is 17.8. The Morgan fingerprint density at radius 3 is 2.23 bits per heavy atom. The van der Waals surface area contributed by atoms with E-state index >= 15 is 0 Å². The smallest absolute Gasteiger partial charge is 0.191 e. The van der Waals surface area contributed by atoms with Crippen molar-refractivity contribution in [3.63, 3.8) is 0 Å². The molecule has 2 aromatic carbocycles. The van der Waals surface area contributed by atoms with Crippen LogP contribution in [0, 0.1) is 0 Å². The molecule has 0 amide bonds. The van der Waals surface area contributed by atoms with Crippen molar-refractivity contribution in [1.82, 2.24) is 25.2 Å². The average molecular weight is 413 g/mol. The van der Waals surface area contributed by atoms with Gasteiger partial charge in [0.15, 0.2) is 11.6 Å². The fourth-order valence-electron chi connectivity index (χ4n) is 3.65. The molecule has 0 aliphatic carbocycles. The molecule has 6 heteroatoms. The third kappa shape index (κ3) is 5.28. The maximum absolute atomic E-state index is 4.90. The minimum Gasteiger partial charge on any atom is -0.357 e. The van der Waals surface area contributed by atoms with Crippen molar-refractivity contribution in [3.05, 3.63) is 102 Å². The van der Waals surface area contributed by atoms with Crippen molar-refractivity contribution in [1.29, 1.82) is 0 Å². The number of hydrogen-bond acceptors (Lipinski definition) is 3. The van der Waals surface area contributed by atoms with E-state index in [1.165, 1.54) is 11.1 Å². The zero-order chi connectivity index (χ0) is 21.3. The maximum Gasteiger partial charge on any atom is 0.191 e. The van der Waals surface area contributed by atoms with Crippen LogP contribution in [0.15, 0.2) is 90.1 Å². The van der Waals surface area contributed by atoms with Crippen LogP contribution in [-0.2, 0) is 6.42 Å². The molecule has 0 unspecified atom stereocenters. The van der Waals surface area contributed by atoms with E-state index in [-0.39, 0.29) is 5.92 Å². The Bertz CT molecular complexity index is 1070. The van der Waals surface area contributed by atoms with Crippen molar-refractivity contribution in [2.75, 3.05) is 19.6 Å². The molecule has 0 aliphatic heterocycles. The lowest BCUT2D eigenvalue weighted by molar-refractivity contribution is 0.749. The molecule has 158 valence electrons. The van der Waals surface area contributed by atoms with Gasteiger partial charge in [-0.05, 0) is 30.2 Å². The van der Waals surface area contributed by atoms with E-state index in [0.29, 0.717) is 6.54 Å². The van der Waals surface area contributed by atoms with Gasteiger partial charge >= 0.3 is 0 Å². The van der Waals surface area contributed by atoms with Gasteiger partial charge in [-0.1, -0.05) is 66.7 Å². The van der Waals surface area contributed by atoms with Crippen molar-refractivity contribution in [3.8, 4) is 0 Å². The third-order valence-corrected chi connectivity index (χ3v) is 5.21. The van der Waals surface area contributed by atoms with Crippen LogP contribution in [0.3, 0.4) is 0 Å². The Morgan fingerprint density at radius 2 is 1.55 bits per heavy atom. The zero-order valence-electron chi connectivity index (χ0n) is 17.8. The molecule has 6 nitrogen and oxygen atoms in total. The fourth-order valence-corrected chi connectivity index (χ4v) is 3.65. The Morgan fingerprint density at radius 1 is 0.871 bits per heavy atom. The second-order valence-electron chi connectivity index (χ2n) is 7.32. The van der Waals surface area contributed by atoms with Crippen molar-refractivity contribution in [2.45, 2.75) is 19.3 Å². The van der Waals surface area contributed by atoms with Crippen molar-refractivity contribution >= 4 is 11.6 Å². The molecule has 2 aromatic heterocycles. The topological polar surface area (TPSA) is 66.6 Å². The van der Waals surface area contributed by atoms with Gasteiger partial charge < -0.3 is 10.6 Å². The lowest BCUT2D eigenvalue weighted by Crippen LogP contribution is -2.38. The molecule has 0 atom stereocenters. The summed E-state index contributed by atoms with van der Waals surface area (Å²) in [6, 6.07) is 27.0. The number of nitrogens with one attached hydrogen (secondary N) is 2. The Balaban J connectivity index is 1.45. The van der Waals surface area contributed by atoms with Crippen LogP contribution < -0.4 is 10.6 Å². The van der Waals surface area contributed by atoms with E-state index < -0.39 is 0 Å². The molecule has 0 saturated heterocycles. The van der Waals surface area contributed by atoms with E-state index in [0.717, 1.165) is 36.9 Å². The normalized spacial score (nSPS) is 11.7. The van der Waals surface area contributed by atoms with Crippen LogP contribution in [0.5, 0.6) is 0 Å². The van der Waals surface area contributed by atoms with Crippen LogP contribution in [0.25, 0.3) is 5.65 Å². The van der Waals surface area contributed by atoms with E-state index in [1.54, 1.807) is 0 Å². The van der Waals surface area contributed by atoms with Gasteiger partial charge in [-0.15, -0.1) is 10.2 Å². The van der Waals surface area contributed by atoms with E-state index in [1.807, 2.05) is 28.8 Å². The lowest BCUT2D eigenvalue weighted by atomic mass is 9.91. The summed E-state index contributed by atoms with van der Waals surface area (Å²) in [5.41, 5.74) is 3.40. The molecule has 4 aromatic rings. The highest BCUT2D eigenvalue weighted by molar-refractivity contribution is 5.79. The SMILES string of the molecule is CCNC(=NCC(c1ccccc1)c1ccccc1)NCCc1nnc2ccccn12. The highest BCUT2D eigenvalue weighted by Crippen LogP contribution is 2.24. The highest BCUT2D eigenvalue weighted by Gasteiger charge is 2.14. The second-order valence-corrected chi connectivity index (χ2v) is 7.32. The van der Waals surface area contributed by atoms with Gasteiger partial charge in [0.2, 0.25) is 0 Å². The number of aliphatic imine (C=N–C) groups is 1. The Kier molecular flexibility index (Phi) is 6.90. The Labute approximate surface area is 183 Å². The summed E-state index contributed by atoms with van der Waals surface area (Å²) >= 11 is 0. The number of fused-ring (bicyclic) bond motifs is 1. The van der Waals surface area contributed by atoms with Gasteiger partial charge in [0, 0.05) is 31.6 Å². The Hall–Kier alpha value is -3.67. The van der Waals surface area contributed by atoms with Gasteiger partial charge in [0.05, 0.1) is 6.54 Å². The molecule has 0 spiro atoms. The summed E-state index contributed by atoms with van der Waals surface area (Å²) in [4.78, 5) is 4.90. The summed E-state index contributed by atoms with van der Waals surface area (Å²) in [5.74, 6) is 1.96. The van der Waals surface area contributed by atoms with Crippen molar-refractivity contribution in [2.24, 2.45) is 4.99 Å². The van der Waals surface area contributed by atoms with E-state index in [4.69, 9.17) is 4.99 Å². The summed E-state index contributed by atoms with van der Waals surface area (Å²) in [6.45, 7) is 4.27. The number of nitrogens with zero attached hydrogens (tertiary/aromatic N) is 4.